The summed E-state index contributed by atoms with van der Waals surface area (Å²) in [6.45, 7) is 4.75. The maximum absolute atomic E-state index is 13.1. The summed E-state index contributed by atoms with van der Waals surface area (Å²) in [5, 5.41) is 0.744. The van der Waals surface area contributed by atoms with Gasteiger partial charge in [-0.3, -0.25) is 4.79 Å². The summed E-state index contributed by atoms with van der Waals surface area (Å²) in [5.74, 6) is 0.0940. The zero-order valence-corrected chi connectivity index (χ0v) is 16.5. The van der Waals surface area contributed by atoms with E-state index < -0.39 is 0 Å². The summed E-state index contributed by atoms with van der Waals surface area (Å²) >= 11 is 6.31. The first-order valence-corrected chi connectivity index (χ1v) is 9.57. The molecule has 0 bridgehead atoms. The Kier molecular flexibility index (Phi) is 6.31. The standard InChI is InChI=1S/C24H24ClNO/c1-18-12-13-22(16-19(18)2)26(15-14-21-10-6-7-11-23(21)25)24(27)17-20-8-4-3-5-9-20/h3-13,16H,14-15,17H2,1-2H3. The molecule has 3 heteroatoms. The zero-order valence-electron chi connectivity index (χ0n) is 15.8. The fraction of sp³-hybridized carbons (Fsp3) is 0.208. The van der Waals surface area contributed by atoms with Crippen molar-refractivity contribution in [3.8, 4) is 0 Å². The molecule has 0 aromatic heterocycles. The Balaban J connectivity index is 1.84. The quantitative estimate of drug-likeness (QED) is 0.533. The van der Waals surface area contributed by atoms with E-state index in [2.05, 4.69) is 26.0 Å². The Morgan fingerprint density at radius 2 is 1.59 bits per heavy atom. The van der Waals surface area contributed by atoms with Crippen molar-refractivity contribution >= 4 is 23.2 Å². The third-order valence-corrected chi connectivity index (χ3v) is 5.23. The van der Waals surface area contributed by atoms with Crippen molar-refractivity contribution < 1.29 is 4.79 Å². The number of anilines is 1. The second-order valence-corrected chi connectivity index (χ2v) is 7.22. The number of amides is 1. The summed E-state index contributed by atoms with van der Waals surface area (Å²) in [6.07, 6.45) is 1.10. The molecule has 2 nitrogen and oxygen atoms in total. The molecule has 3 aromatic carbocycles. The van der Waals surface area contributed by atoms with Crippen LogP contribution in [-0.2, 0) is 17.6 Å². The molecule has 0 aliphatic carbocycles. The second-order valence-electron chi connectivity index (χ2n) is 6.82. The maximum atomic E-state index is 13.1. The Labute approximate surface area is 166 Å². The summed E-state index contributed by atoms with van der Waals surface area (Å²) < 4.78 is 0. The minimum Gasteiger partial charge on any atom is -0.312 e. The molecule has 0 N–H and O–H groups in total. The van der Waals surface area contributed by atoms with E-state index in [4.69, 9.17) is 11.6 Å². The van der Waals surface area contributed by atoms with E-state index in [-0.39, 0.29) is 5.91 Å². The number of nitrogens with zero attached hydrogens (tertiary/aromatic N) is 1. The SMILES string of the molecule is Cc1ccc(N(CCc2ccccc2Cl)C(=O)Cc2ccccc2)cc1C. The van der Waals surface area contributed by atoms with Crippen LogP contribution in [-0.4, -0.2) is 12.5 Å². The third kappa shape index (κ3) is 4.99. The minimum absolute atomic E-state index is 0.0940. The van der Waals surface area contributed by atoms with Crippen molar-refractivity contribution in [2.75, 3.05) is 11.4 Å². The molecule has 0 spiro atoms. The zero-order chi connectivity index (χ0) is 19.2. The first-order valence-electron chi connectivity index (χ1n) is 9.19. The van der Waals surface area contributed by atoms with Crippen LogP contribution >= 0.6 is 11.6 Å². The van der Waals surface area contributed by atoms with Gasteiger partial charge in [-0.25, -0.2) is 0 Å². The molecule has 0 atom stereocenters. The van der Waals surface area contributed by atoms with Gasteiger partial charge in [0.25, 0.3) is 0 Å². The van der Waals surface area contributed by atoms with Gasteiger partial charge in [0.1, 0.15) is 0 Å². The number of rotatable bonds is 6. The van der Waals surface area contributed by atoms with Crippen molar-refractivity contribution in [2.45, 2.75) is 26.7 Å². The smallest absolute Gasteiger partial charge is 0.231 e. The van der Waals surface area contributed by atoms with E-state index in [0.717, 1.165) is 21.8 Å². The van der Waals surface area contributed by atoms with Gasteiger partial charge in [-0.05, 0) is 60.7 Å². The Morgan fingerprint density at radius 3 is 2.30 bits per heavy atom. The lowest BCUT2D eigenvalue weighted by Gasteiger charge is -2.24. The fourth-order valence-corrected chi connectivity index (χ4v) is 3.32. The number of carbonyl (C=O) groups is 1. The number of hydrogen-bond acceptors (Lipinski definition) is 1. The van der Waals surface area contributed by atoms with Crippen LogP contribution in [0, 0.1) is 13.8 Å². The molecule has 3 aromatic rings. The van der Waals surface area contributed by atoms with E-state index in [1.54, 1.807) is 0 Å². The van der Waals surface area contributed by atoms with Gasteiger partial charge >= 0.3 is 0 Å². The van der Waals surface area contributed by atoms with E-state index in [1.807, 2.05) is 65.6 Å². The molecular formula is C24H24ClNO. The highest BCUT2D eigenvalue weighted by Crippen LogP contribution is 2.22. The summed E-state index contributed by atoms with van der Waals surface area (Å²) in [5.41, 5.74) is 5.42. The summed E-state index contributed by atoms with van der Waals surface area (Å²) in [4.78, 5) is 15.0. The predicted octanol–water partition coefficient (Wildman–Crippen LogP) is 5.78. The molecule has 0 aliphatic rings. The summed E-state index contributed by atoms with van der Waals surface area (Å²) in [7, 11) is 0. The van der Waals surface area contributed by atoms with Gasteiger partial charge in [0, 0.05) is 17.3 Å². The van der Waals surface area contributed by atoms with Gasteiger partial charge in [0.2, 0.25) is 5.91 Å². The van der Waals surface area contributed by atoms with Crippen LogP contribution in [0.5, 0.6) is 0 Å². The van der Waals surface area contributed by atoms with Crippen molar-refractivity contribution in [3.05, 3.63) is 100 Å². The highest BCUT2D eigenvalue weighted by molar-refractivity contribution is 6.31. The fourth-order valence-electron chi connectivity index (χ4n) is 3.09. The van der Waals surface area contributed by atoms with Crippen LogP contribution < -0.4 is 4.90 Å². The highest BCUT2D eigenvalue weighted by atomic mass is 35.5. The number of aryl methyl sites for hydroxylation is 2. The lowest BCUT2D eigenvalue weighted by molar-refractivity contribution is -0.118. The molecule has 0 fully saturated rings. The lowest BCUT2D eigenvalue weighted by Crippen LogP contribution is -2.34. The van der Waals surface area contributed by atoms with E-state index in [0.29, 0.717) is 19.4 Å². The molecule has 0 radical (unpaired) electrons. The third-order valence-electron chi connectivity index (χ3n) is 4.86. The van der Waals surface area contributed by atoms with Gasteiger partial charge < -0.3 is 4.90 Å². The van der Waals surface area contributed by atoms with Gasteiger partial charge in [0.05, 0.1) is 6.42 Å². The van der Waals surface area contributed by atoms with E-state index in [1.165, 1.54) is 11.1 Å². The van der Waals surface area contributed by atoms with Crippen molar-refractivity contribution in [1.29, 1.82) is 0 Å². The van der Waals surface area contributed by atoms with Crippen molar-refractivity contribution in [3.63, 3.8) is 0 Å². The molecule has 138 valence electrons. The molecule has 0 heterocycles. The molecule has 0 aliphatic heterocycles. The molecule has 27 heavy (non-hydrogen) atoms. The van der Waals surface area contributed by atoms with Crippen molar-refractivity contribution in [1.82, 2.24) is 0 Å². The van der Waals surface area contributed by atoms with E-state index in [9.17, 15) is 4.79 Å². The van der Waals surface area contributed by atoms with Crippen LogP contribution in [0.3, 0.4) is 0 Å². The van der Waals surface area contributed by atoms with Crippen LogP contribution in [0.15, 0.2) is 72.8 Å². The lowest BCUT2D eigenvalue weighted by atomic mass is 10.1. The van der Waals surface area contributed by atoms with Gasteiger partial charge in [-0.15, -0.1) is 0 Å². The van der Waals surface area contributed by atoms with Crippen molar-refractivity contribution in [2.24, 2.45) is 0 Å². The van der Waals surface area contributed by atoms with Crippen LogP contribution in [0.4, 0.5) is 5.69 Å². The van der Waals surface area contributed by atoms with E-state index >= 15 is 0 Å². The average molecular weight is 378 g/mol. The number of carbonyl (C=O) groups excluding carboxylic acids is 1. The number of benzene rings is 3. The normalized spacial score (nSPS) is 10.6. The van der Waals surface area contributed by atoms with Crippen LogP contribution in [0.1, 0.15) is 22.3 Å². The maximum Gasteiger partial charge on any atom is 0.231 e. The van der Waals surface area contributed by atoms with Gasteiger partial charge in [0.15, 0.2) is 0 Å². The first kappa shape index (κ1) is 19.2. The number of halogens is 1. The molecule has 3 rings (SSSR count). The molecular weight excluding hydrogens is 354 g/mol. The Morgan fingerprint density at radius 1 is 0.889 bits per heavy atom. The molecule has 0 unspecified atom stereocenters. The first-order chi connectivity index (χ1) is 13.0. The second kappa shape index (κ2) is 8.88. The number of hydrogen-bond donors (Lipinski definition) is 0. The monoisotopic (exact) mass is 377 g/mol. The average Bonchev–Trinajstić information content (AvgIpc) is 2.67. The van der Waals surface area contributed by atoms with Gasteiger partial charge in [-0.1, -0.05) is 66.2 Å². The predicted molar refractivity (Wildman–Crippen MR) is 114 cm³/mol. The molecule has 0 saturated carbocycles. The molecule has 1 amide bonds. The van der Waals surface area contributed by atoms with Crippen LogP contribution in [0.2, 0.25) is 5.02 Å². The Bertz CT molecular complexity index is 921. The minimum atomic E-state index is 0.0940. The highest BCUT2D eigenvalue weighted by Gasteiger charge is 2.17. The molecule has 0 saturated heterocycles. The topological polar surface area (TPSA) is 20.3 Å². The van der Waals surface area contributed by atoms with Crippen LogP contribution in [0.25, 0.3) is 0 Å². The Hall–Kier alpha value is -2.58. The van der Waals surface area contributed by atoms with Gasteiger partial charge in [-0.2, -0.15) is 0 Å². The largest absolute Gasteiger partial charge is 0.312 e. The summed E-state index contributed by atoms with van der Waals surface area (Å²) in [6, 6.07) is 23.9.